The molecule has 2 aromatic heterocycles. The molecule has 0 saturated carbocycles. The van der Waals surface area contributed by atoms with E-state index in [0.29, 0.717) is 18.4 Å². The molecule has 0 radical (unpaired) electrons. The number of H-pyrrole nitrogens is 1. The van der Waals surface area contributed by atoms with Crippen LogP contribution < -0.4 is 10.6 Å². The molecular weight excluding hydrogens is 338 g/mol. The van der Waals surface area contributed by atoms with Crippen molar-refractivity contribution in [3.63, 3.8) is 0 Å². The van der Waals surface area contributed by atoms with Gasteiger partial charge >= 0.3 is 0 Å². The van der Waals surface area contributed by atoms with Gasteiger partial charge in [0.1, 0.15) is 11.3 Å². The van der Waals surface area contributed by atoms with E-state index in [1.165, 1.54) is 0 Å². The highest BCUT2D eigenvalue weighted by molar-refractivity contribution is 6.00. The molecule has 0 fully saturated rings. The average Bonchev–Trinajstić information content (AvgIpc) is 3.11. The quantitative estimate of drug-likeness (QED) is 0.571. The lowest BCUT2D eigenvalue weighted by atomic mass is 9.90. The fraction of sp³-hybridized carbons (Fsp3) is 0.381. The molecule has 5 rings (SSSR count). The highest BCUT2D eigenvalue weighted by Crippen LogP contribution is 2.35. The van der Waals surface area contributed by atoms with E-state index < -0.39 is 0 Å². The van der Waals surface area contributed by atoms with Gasteiger partial charge in [0, 0.05) is 36.0 Å². The molecule has 27 heavy (non-hydrogen) atoms. The zero-order valence-electron chi connectivity index (χ0n) is 15.6. The summed E-state index contributed by atoms with van der Waals surface area (Å²) in [7, 11) is 0. The molecule has 4 heterocycles. The van der Waals surface area contributed by atoms with Gasteiger partial charge in [-0.3, -0.25) is 4.79 Å². The summed E-state index contributed by atoms with van der Waals surface area (Å²) in [6.45, 7) is 5.81. The molecule has 3 aromatic rings. The second-order valence-electron chi connectivity index (χ2n) is 7.81. The Bertz CT molecular complexity index is 1050. The van der Waals surface area contributed by atoms with Crippen LogP contribution in [-0.4, -0.2) is 33.9 Å². The highest BCUT2D eigenvalue weighted by atomic mass is 16.1. The molecule has 1 amide bonds. The third-order valence-electron chi connectivity index (χ3n) is 5.80. The van der Waals surface area contributed by atoms with Crippen LogP contribution in [0.5, 0.6) is 0 Å². The number of para-hydroxylation sites is 1. The first-order valence-corrected chi connectivity index (χ1v) is 9.63. The van der Waals surface area contributed by atoms with Gasteiger partial charge in [-0.15, -0.1) is 0 Å². The Hall–Kier alpha value is -2.89. The minimum Gasteiger partial charge on any atom is -0.368 e. The van der Waals surface area contributed by atoms with Crippen molar-refractivity contribution < 1.29 is 4.79 Å². The van der Waals surface area contributed by atoms with Crippen LogP contribution in [0.15, 0.2) is 24.3 Å². The minimum absolute atomic E-state index is 0.00779. The molecule has 2 atom stereocenters. The lowest BCUT2D eigenvalue weighted by Gasteiger charge is -2.24. The van der Waals surface area contributed by atoms with E-state index in [-0.39, 0.29) is 5.91 Å². The lowest BCUT2D eigenvalue weighted by Crippen LogP contribution is -2.34. The maximum atomic E-state index is 12.4. The Morgan fingerprint density at radius 3 is 2.85 bits per heavy atom. The molecular formula is C21H23N5O. The zero-order valence-corrected chi connectivity index (χ0v) is 15.6. The van der Waals surface area contributed by atoms with Crippen molar-refractivity contribution in [2.45, 2.75) is 32.6 Å². The normalized spacial score (nSPS) is 21.8. The smallest absolute Gasteiger partial charge is 0.253 e. The number of benzene rings is 1. The van der Waals surface area contributed by atoms with Crippen molar-refractivity contribution in [2.75, 3.05) is 18.4 Å². The highest BCUT2D eigenvalue weighted by Gasteiger charge is 2.29. The number of anilines is 1. The number of nitrogens with one attached hydrogen (secondary N) is 3. The summed E-state index contributed by atoms with van der Waals surface area (Å²) in [5.41, 5.74) is 6.38. The summed E-state index contributed by atoms with van der Waals surface area (Å²) in [6, 6.07) is 8.00. The average molecular weight is 361 g/mol. The fourth-order valence-electron chi connectivity index (χ4n) is 4.19. The Morgan fingerprint density at radius 2 is 1.96 bits per heavy atom. The number of fused-ring (bicyclic) bond motifs is 3. The van der Waals surface area contributed by atoms with Gasteiger partial charge in [0.05, 0.1) is 16.8 Å². The van der Waals surface area contributed by atoms with E-state index in [0.717, 1.165) is 64.4 Å². The van der Waals surface area contributed by atoms with Gasteiger partial charge in [0.2, 0.25) is 0 Å². The fourth-order valence-corrected chi connectivity index (χ4v) is 4.19. The standard InChI is InChI=1S/C21H23N5O/c1-11-6-7-13-10-23-21(27)15-8-17(25-18(13)15)14-4-3-5-16-19(14)26-20(22-9-11)12(2)24-16/h3-5,8,11,13,25H,6-7,9-10H2,1-2H3,(H,22,26)(H,23,27)/t11-,13-/m1/s1. The van der Waals surface area contributed by atoms with E-state index in [1.807, 2.05) is 31.2 Å². The van der Waals surface area contributed by atoms with E-state index in [9.17, 15) is 4.79 Å². The molecule has 0 saturated heterocycles. The molecule has 0 unspecified atom stereocenters. The molecule has 6 nitrogen and oxygen atoms in total. The molecule has 3 N–H and O–H groups in total. The van der Waals surface area contributed by atoms with Crippen molar-refractivity contribution >= 4 is 22.8 Å². The number of carbonyl (C=O) groups is 1. The van der Waals surface area contributed by atoms with Crippen molar-refractivity contribution in [1.29, 1.82) is 0 Å². The summed E-state index contributed by atoms with van der Waals surface area (Å²) in [5, 5.41) is 6.55. The van der Waals surface area contributed by atoms with E-state index in [2.05, 4.69) is 22.5 Å². The number of aromatic nitrogens is 3. The second-order valence-corrected chi connectivity index (χ2v) is 7.81. The first-order chi connectivity index (χ1) is 13.1. The van der Waals surface area contributed by atoms with Crippen LogP contribution in [0.25, 0.3) is 22.3 Å². The monoisotopic (exact) mass is 361 g/mol. The van der Waals surface area contributed by atoms with Crippen LogP contribution >= 0.6 is 0 Å². The Balaban J connectivity index is 1.76. The van der Waals surface area contributed by atoms with E-state index in [1.54, 1.807) is 0 Å². The molecule has 2 aliphatic rings. The van der Waals surface area contributed by atoms with Gasteiger partial charge < -0.3 is 15.6 Å². The van der Waals surface area contributed by atoms with Crippen LogP contribution in [0.4, 0.5) is 5.82 Å². The predicted octanol–water partition coefficient (Wildman–Crippen LogP) is 3.60. The van der Waals surface area contributed by atoms with E-state index >= 15 is 0 Å². The summed E-state index contributed by atoms with van der Waals surface area (Å²) in [4.78, 5) is 25.6. The number of hydrogen-bond donors (Lipinski definition) is 3. The first-order valence-electron chi connectivity index (χ1n) is 9.63. The van der Waals surface area contributed by atoms with Crippen molar-refractivity contribution in [2.24, 2.45) is 5.92 Å². The van der Waals surface area contributed by atoms with Crippen molar-refractivity contribution in [3.8, 4) is 11.3 Å². The molecule has 6 heteroatoms. The predicted molar refractivity (Wildman–Crippen MR) is 106 cm³/mol. The van der Waals surface area contributed by atoms with E-state index in [4.69, 9.17) is 9.97 Å². The molecule has 2 aliphatic heterocycles. The zero-order chi connectivity index (χ0) is 18.5. The second kappa shape index (κ2) is 6.08. The number of carbonyl (C=O) groups excluding carboxylic acids is 1. The summed E-state index contributed by atoms with van der Waals surface area (Å²) in [5.74, 6) is 1.68. The number of nitrogens with zero attached hydrogens (tertiary/aromatic N) is 2. The van der Waals surface area contributed by atoms with Gasteiger partial charge in [-0.25, -0.2) is 9.97 Å². The van der Waals surface area contributed by atoms with Crippen LogP contribution in [0.2, 0.25) is 0 Å². The van der Waals surface area contributed by atoms with Crippen molar-refractivity contribution in [1.82, 2.24) is 20.3 Å². The van der Waals surface area contributed by atoms with Crippen LogP contribution in [0, 0.1) is 12.8 Å². The number of aryl methyl sites for hydroxylation is 1. The summed E-state index contributed by atoms with van der Waals surface area (Å²) >= 11 is 0. The van der Waals surface area contributed by atoms with Crippen LogP contribution in [-0.2, 0) is 0 Å². The third-order valence-corrected chi connectivity index (χ3v) is 5.80. The largest absolute Gasteiger partial charge is 0.368 e. The van der Waals surface area contributed by atoms with Gasteiger partial charge in [-0.05, 0) is 37.8 Å². The van der Waals surface area contributed by atoms with Gasteiger partial charge in [-0.2, -0.15) is 0 Å². The lowest BCUT2D eigenvalue weighted by molar-refractivity contribution is 0.0938. The minimum atomic E-state index is 0.00779. The molecule has 0 aliphatic carbocycles. The maximum absolute atomic E-state index is 12.4. The third kappa shape index (κ3) is 2.67. The Kier molecular flexibility index (Phi) is 3.67. The van der Waals surface area contributed by atoms with Crippen LogP contribution in [0.3, 0.4) is 0 Å². The number of rotatable bonds is 0. The number of aromatic amines is 1. The molecule has 1 aromatic carbocycles. The Labute approximate surface area is 157 Å². The number of amides is 1. The maximum Gasteiger partial charge on any atom is 0.253 e. The molecule has 0 spiro atoms. The summed E-state index contributed by atoms with van der Waals surface area (Å²) in [6.07, 6.45) is 2.13. The molecule has 138 valence electrons. The van der Waals surface area contributed by atoms with Gasteiger partial charge in [-0.1, -0.05) is 19.1 Å². The van der Waals surface area contributed by atoms with Crippen LogP contribution in [0.1, 0.15) is 47.4 Å². The van der Waals surface area contributed by atoms with Crippen molar-refractivity contribution in [3.05, 3.63) is 41.2 Å². The Morgan fingerprint density at radius 1 is 1.07 bits per heavy atom. The SMILES string of the molecule is Cc1nc2cccc3c2nc1NC[C@H](C)CC[C@@H]1CNC(=O)c2cc-3[nH]c21. The van der Waals surface area contributed by atoms with Gasteiger partial charge in [0.15, 0.2) is 0 Å². The first kappa shape index (κ1) is 16.3. The number of hydrogen-bond acceptors (Lipinski definition) is 4. The summed E-state index contributed by atoms with van der Waals surface area (Å²) < 4.78 is 0. The van der Waals surface area contributed by atoms with Gasteiger partial charge in [0.25, 0.3) is 5.91 Å². The molecule has 4 bridgehead atoms. The topological polar surface area (TPSA) is 82.7 Å².